The molecule has 0 aliphatic carbocycles. The lowest BCUT2D eigenvalue weighted by Gasteiger charge is -2.17. The third-order valence-corrected chi connectivity index (χ3v) is 3.24. The number of anilines is 1. The highest BCUT2D eigenvalue weighted by atomic mass is 16.1. The summed E-state index contributed by atoms with van der Waals surface area (Å²) < 4.78 is 1.52. The SMILES string of the molecule is Cc1cncc(Cn2nc3c(cc2=O)NCCC3)c1. The predicted octanol–water partition coefficient (Wildman–Crippen LogP) is 1.35. The molecule has 5 heteroatoms. The van der Waals surface area contributed by atoms with E-state index in [-0.39, 0.29) is 5.56 Å². The lowest BCUT2D eigenvalue weighted by atomic mass is 10.1. The van der Waals surface area contributed by atoms with Crippen molar-refractivity contribution < 1.29 is 0 Å². The molecule has 0 radical (unpaired) electrons. The van der Waals surface area contributed by atoms with Crippen LogP contribution in [0.2, 0.25) is 0 Å². The lowest BCUT2D eigenvalue weighted by molar-refractivity contribution is 0.607. The quantitative estimate of drug-likeness (QED) is 0.881. The van der Waals surface area contributed by atoms with Gasteiger partial charge in [-0.25, -0.2) is 4.68 Å². The van der Waals surface area contributed by atoms with E-state index in [0.29, 0.717) is 6.54 Å². The molecule has 0 saturated carbocycles. The fourth-order valence-corrected chi connectivity index (χ4v) is 2.34. The highest BCUT2D eigenvalue weighted by molar-refractivity contribution is 5.48. The second-order valence-electron chi connectivity index (χ2n) is 4.90. The molecule has 0 bridgehead atoms. The Morgan fingerprint density at radius 3 is 3.11 bits per heavy atom. The third-order valence-electron chi connectivity index (χ3n) is 3.24. The van der Waals surface area contributed by atoms with Crippen LogP contribution >= 0.6 is 0 Å². The first-order valence-corrected chi connectivity index (χ1v) is 6.48. The Balaban J connectivity index is 1.95. The van der Waals surface area contributed by atoms with Crippen LogP contribution in [-0.2, 0) is 13.0 Å². The topological polar surface area (TPSA) is 59.8 Å². The minimum absolute atomic E-state index is 0.0744. The van der Waals surface area contributed by atoms with Crippen molar-refractivity contribution in [3.8, 4) is 0 Å². The van der Waals surface area contributed by atoms with Gasteiger partial charge in [0.15, 0.2) is 0 Å². The standard InChI is InChI=1S/C14H16N4O/c1-10-5-11(8-15-7-10)9-18-14(19)6-13-12(17-18)3-2-4-16-13/h5-8,16H,2-4,9H2,1H3. The Hall–Kier alpha value is -2.17. The van der Waals surface area contributed by atoms with Crippen LogP contribution < -0.4 is 10.9 Å². The fourth-order valence-electron chi connectivity index (χ4n) is 2.34. The summed E-state index contributed by atoms with van der Waals surface area (Å²) in [5.41, 5.74) is 3.87. The molecule has 2 aromatic heterocycles. The molecule has 98 valence electrons. The van der Waals surface area contributed by atoms with Gasteiger partial charge < -0.3 is 5.32 Å². The molecule has 0 spiro atoms. The molecule has 0 unspecified atom stereocenters. The van der Waals surface area contributed by atoms with Crippen LogP contribution in [0.4, 0.5) is 5.69 Å². The average molecular weight is 256 g/mol. The number of aromatic nitrogens is 3. The molecule has 1 N–H and O–H groups in total. The number of hydrogen-bond donors (Lipinski definition) is 1. The molecule has 19 heavy (non-hydrogen) atoms. The monoisotopic (exact) mass is 256 g/mol. The van der Waals surface area contributed by atoms with Gasteiger partial charge in [0.25, 0.3) is 5.56 Å². The van der Waals surface area contributed by atoms with E-state index in [1.165, 1.54) is 4.68 Å². The van der Waals surface area contributed by atoms with Gasteiger partial charge in [-0.2, -0.15) is 5.10 Å². The van der Waals surface area contributed by atoms with Crippen molar-refractivity contribution in [2.24, 2.45) is 0 Å². The van der Waals surface area contributed by atoms with Gasteiger partial charge in [-0.05, 0) is 30.9 Å². The summed E-state index contributed by atoms with van der Waals surface area (Å²) in [4.78, 5) is 16.2. The van der Waals surface area contributed by atoms with Gasteiger partial charge in [-0.3, -0.25) is 9.78 Å². The summed E-state index contributed by atoms with van der Waals surface area (Å²) in [5, 5.41) is 7.67. The van der Waals surface area contributed by atoms with E-state index in [1.54, 1.807) is 18.5 Å². The molecule has 0 amide bonds. The first-order chi connectivity index (χ1) is 9.22. The maximum Gasteiger partial charge on any atom is 0.269 e. The molecule has 2 aromatic rings. The Morgan fingerprint density at radius 1 is 1.37 bits per heavy atom. The molecule has 0 atom stereocenters. The number of hydrogen-bond acceptors (Lipinski definition) is 4. The Labute approximate surface area is 111 Å². The second kappa shape index (κ2) is 4.84. The molecule has 0 aromatic carbocycles. The van der Waals surface area contributed by atoms with E-state index in [0.717, 1.165) is 41.9 Å². The van der Waals surface area contributed by atoms with E-state index < -0.39 is 0 Å². The van der Waals surface area contributed by atoms with Gasteiger partial charge in [0, 0.05) is 25.0 Å². The van der Waals surface area contributed by atoms with Crippen LogP contribution in [0.15, 0.2) is 29.3 Å². The summed E-state index contributed by atoms with van der Waals surface area (Å²) in [6, 6.07) is 3.67. The molecule has 1 aliphatic heterocycles. The molecule has 5 nitrogen and oxygen atoms in total. The van der Waals surface area contributed by atoms with E-state index in [1.807, 2.05) is 13.0 Å². The van der Waals surface area contributed by atoms with Crippen molar-refractivity contribution >= 4 is 5.69 Å². The molecule has 3 rings (SSSR count). The third kappa shape index (κ3) is 2.50. The van der Waals surface area contributed by atoms with Gasteiger partial charge in [-0.15, -0.1) is 0 Å². The number of aryl methyl sites for hydroxylation is 2. The van der Waals surface area contributed by atoms with E-state index >= 15 is 0 Å². The second-order valence-corrected chi connectivity index (χ2v) is 4.90. The van der Waals surface area contributed by atoms with Crippen molar-refractivity contribution in [2.75, 3.05) is 11.9 Å². The Morgan fingerprint density at radius 2 is 2.26 bits per heavy atom. The van der Waals surface area contributed by atoms with E-state index in [9.17, 15) is 4.79 Å². The van der Waals surface area contributed by atoms with Crippen molar-refractivity contribution in [1.29, 1.82) is 0 Å². The van der Waals surface area contributed by atoms with Gasteiger partial charge >= 0.3 is 0 Å². The highest BCUT2D eigenvalue weighted by Gasteiger charge is 2.12. The number of pyridine rings is 1. The van der Waals surface area contributed by atoms with Gasteiger partial charge in [0.2, 0.25) is 0 Å². The number of nitrogens with one attached hydrogen (secondary N) is 1. The van der Waals surface area contributed by atoms with Crippen molar-refractivity contribution in [3.63, 3.8) is 0 Å². The maximum absolute atomic E-state index is 12.0. The Kier molecular flexibility index (Phi) is 3.03. The number of rotatable bonds is 2. The van der Waals surface area contributed by atoms with Crippen LogP contribution in [0.25, 0.3) is 0 Å². The minimum atomic E-state index is -0.0744. The van der Waals surface area contributed by atoms with E-state index in [2.05, 4.69) is 15.4 Å². The molecular weight excluding hydrogens is 240 g/mol. The summed E-state index contributed by atoms with van der Waals surface area (Å²) >= 11 is 0. The molecule has 0 saturated heterocycles. The molecule has 1 aliphatic rings. The fraction of sp³-hybridized carbons (Fsp3) is 0.357. The van der Waals surface area contributed by atoms with Crippen molar-refractivity contribution in [3.05, 3.63) is 51.7 Å². The lowest BCUT2D eigenvalue weighted by Crippen LogP contribution is -2.27. The Bertz CT molecular complexity index is 663. The minimum Gasteiger partial charge on any atom is -0.383 e. The van der Waals surface area contributed by atoms with Crippen LogP contribution in [0.1, 0.15) is 23.2 Å². The number of nitrogens with zero attached hydrogens (tertiary/aromatic N) is 3. The normalized spacial score (nSPS) is 13.7. The molecule has 3 heterocycles. The smallest absolute Gasteiger partial charge is 0.269 e. The summed E-state index contributed by atoms with van der Waals surface area (Å²) in [5.74, 6) is 0. The zero-order valence-electron chi connectivity index (χ0n) is 10.9. The van der Waals surface area contributed by atoms with E-state index in [4.69, 9.17) is 0 Å². The molecular formula is C14H16N4O. The van der Waals surface area contributed by atoms with Crippen LogP contribution in [0.3, 0.4) is 0 Å². The van der Waals surface area contributed by atoms with Crippen LogP contribution in [0, 0.1) is 6.92 Å². The predicted molar refractivity (Wildman–Crippen MR) is 73.4 cm³/mol. The first kappa shape index (κ1) is 11.9. The summed E-state index contributed by atoms with van der Waals surface area (Å²) in [6.07, 6.45) is 5.56. The highest BCUT2D eigenvalue weighted by Crippen LogP contribution is 2.16. The maximum atomic E-state index is 12.0. The zero-order valence-corrected chi connectivity index (χ0v) is 10.9. The van der Waals surface area contributed by atoms with Crippen LogP contribution in [-0.4, -0.2) is 21.3 Å². The van der Waals surface area contributed by atoms with Gasteiger partial charge in [-0.1, -0.05) is 6.07 Å². The van der Waals surface area contributed by atoms with Crippen LogP contribution in [0.5, 0.6) is 0 Å². The van der Waals surface area contributed by atoms with Gasteiger partial charge in [0.1, 0.15) is 0 Å². The zero-order chi connectivity index (χ0) is 13.2. The number of fused-ring (bicyclic) bond motifs is 1. The molecule has 0 fully saturated rings. The average Bonchev–Trinajstić information content (AvgIpc) is 2.40. The summed E-state index contributed by atoms with van der Waals surface area (Å²) in [7, 11) is 0. The van der Waals surface area contributed by atoms with Crippen molar-refractivity contribution in [1.82, 2.24) is 14.8 Å². The van der Waals surface area contributed by atoms with Gasteiger partial charge in [0.05, 0.1) is 17.9 Å². The summed E-state index contributed by atoms with van der Waals surface area (Å²) in [6.45, 7) is 3.38. The largest absolute Gasteiger partial charge is 0.383 e. The first-order valence-electron chi connectivity index (χ1n) is 6.48. The van der Waals surface area contributed by atoms with Crippen molar-refractivity contribution in [2.45, 2.75) is 26.3 Å².